The van der Waals surface area contributed by atoms with Crippen LogP contribution in [-0.2, 0) is 19.1 Å². The number of likely N-dealkylation sites (tertiary alicyclic amines) is 1. The number of carbonyl (C=O) groups is 3. The number of nitrogens with two attached hydrogens (primary N) is 1. The van der Waals surface area contributed by atoms with Crippen LogP contribution in [0.3, 0.4) is 0 Å². The first-order valence-electron chi connectivity index (χ1n) is 9.90. The minimum Gasteiger partial charge on any atom is -0.452 e. The number of ether oxygens (including phenoxy) is 1. The highest BCUT2D eigenvalue weighted by molar-refractivity contribution is 5.89. The van der Waals surface area contributed by atoms with Crippen molar-refractivity contribution < 1.29 is 19.1 Å². The van der Waals surface area contributed by atoms with Crippen LogP contribution in [0, 0.1) is 19.8 Å². The number of amides is 2. The van der Waals surface area contributed by atoms with Gasteiger partial charge in [-0.15, -0.1) is 0 Å². The van der Waals surface area contributed by atoms with E-state index in [2.05, 4.69) is 5.10 Å². The Balaban J connectivity index is 1.58. The van der Waals surface area contributed by atoms with Crippen LogP contribution in [0.15, 0.2) is 36.4 Å². The van der Waals surface area contributed by atoms with Gasteiger partial charge in [0.15, 0.2) is 6.61 Å². The van der Waals surface area contributed by atoms with E-state index in [4.69, 9.17) is 10.5 Å². The average Bonchev–Trinajstić information content (AvgIpc) is 3.04. The molecular weight excluding hydrogens is 384 g/mol. The highest BCUT2D eigenvalue weighted by Gasteiger charge is 2.27. The zero-order chi connectivity index (χ0) is 21.7. The standard InChI is InChI=1S/C22H26N4O4/c1-15-19(16(2)26(24-15)18-8-4-3-5-9-18)10-11-21(28)30-14-20(27)25-12-6-7-17(13-25)22(23)29/h3-5,8-11,17H,6-7,12-14H2,1-2H3,(H2,23,29)/b11-10+/t17-/m0/s1. The lowest BCUT2D eigenvalue weighted by Crippen LogP contribution is -2.45. The predicted molar refractivity (Wildman–Crippen MR) is 112 cm³/mol. The number of carbonyl (C=O) groups excluding carboxylic acids is 3. The summed E-state index contributed by atoms with van der Waals surface area (Å²) in [6, 6.07) is 9.71. The number of rotatable bonds is 6. The summed E-state index contributed by atoms with van der Waals surface area (Å²) in [7, 11) is 0. The highest BCUT2D eigenvalue weighted by Crippen LogP contribution is 2.19. The van der Waals surface area contributed by atoms with Crippen molar-refractivity contribution >= 4 is 23.9 Å². The van der Waals surface area contributed by atoms with Crippen LogP contribution in [0.2, 0.25) is 0 Å². The molecule has 1 atom stereocenters. The van der Waals surface area contributed by atoms with E-state index in [1.54, 1.807) is 6.08 Å². The number of hydrogen-bond donors (Lipinski definition) is 1. The summed E-state index contributed by atoms with van der Waals surface area (Å²) in [4.78, 5) is 37.2. The Labute approximate surface area is 175 Å². The molecule has 0 saturated carbocycles. The molecule has 3 rings (SSSR count). The van der Waals surface area contributed by atoms with E-state index >= 15 is 0 Å². The number of hydrogen-bond acceptors (Lipinski definition) is 5. The van der Waals surface area contributed by atoms with E-state index in [9.17, 15) is 14.4 Å². The Bertz CT molecular complexity index is 965. The van der Waals surface area contributed by atoms with Crippen molar-refractivity contribution in [1.29, 1.82) is 0 Å². The zero-order valence-electron chi connectivity index (χ0n) is 17.2. The van der Waals surface area contributed by atoms with Gasteiger partial charge in [-0.3, -0.25) is 9.59 Å². The van der Waals surface area contributed by atoms with E-state index < -0.39 is 11.9 Å². The van der Waals surface area contributed by atoms with Crippen LogP contribution in [0.4, 0.5) is 0 Å². The number of aromatic nitrogens is 2. The lowest BCUT2D eigenvalue weighted by Gasteiger charge is -2.30. The maximum absolute atomic E-state index is 12.3. The third-order valence-corrected chi connectivity index (χ3v) is 5.25. The predicted octanol–water partition coefficient (Wildman–Crippen LogP) is 1.77. The fraction of sp³-hybridized carbons (Fsp3) is 0.364. The van der Waals surface area contributed by atoms with Crippen molar-refractivity contribution in [3.8, 4) is 5.69 Å². The maximum atomic E-state index is 12.3. The molecule has 2 N–H and O–H groups in total. The van der Waals surface area contributed by atoms with Crippen molar-refractivity contribution in [1.82, 2.24) is 14.7 Å². The van der Waals surface area contributed by atoms with E-state index in [0.29, 0.717) is 19.4 Å². The minimum atomic E-state index is -0.613. The summed E-state index contributed by atoms with van der Waals surface area (Å²) < 4.78 is 6.90. The van der Waals surface area contributed by atoms with Gasteiger partial charge >= 0.3 is 5.97 Å². The molecule has 8 heteroatoms. The van der Waals surface area contributed by atoms with Gasteiger partial charge in [0.25, 0.3) is 5.91 Å². The topological polar surface area (TPSA) is 108 Å². The van der Waals surface area contributed by atoms with Crippen molar-refractivity contribution in [2.24, 2.45) is 11.7 Å². The summed E-state index contributed by atoms with van der Waals surface area (Å²) >= 11 is 0. The van der Waals surface area contributed by atoms with Gasteiger partial charge in [0.1, 0.15) is 0 Å². The molecule has 1 aromatic carbocycles. The lowest BCUT2D eigenvalue weighted by atomic mass is 9.97. The summed E-state index contributed by atoms with van der Waals surface area (Å²) in [6.07, 6.45) is 4.32. The van der Waals surface area contributed by atoms with Gasteiger partial charge < -0.3 is 15.4 Å². The molecule has 1 aliphatic rings. The average molecular weight is 410 g/mol. The second kappa shape index (κ2) is 9.39. The molecule has 1 fully saturated rings. The molecule has 158 valence electrons. The summed E-state index contributed by atoms with van der Waals surface area (Å²) in [6.45, 7) is 4.24. The third kappa shape index (κ3) is 4.94. The molecule has 2 heterocycles. The number of piperidine rings is 1. The van der Waals surface area contributed by atoms with E-state index in [0.717, 1.165) is 22.6 Å². The molecule has 1 aromatic heterocycles. The molecule has 0 unspecified atom stereocenters. The largest absolute Gasteiger partial charge is 0.452 e. The minimum absolute atomic E-state index is 0.276. The number of nitrogens with zero attached hydrogens (tertiary/aromatic N) is 3. The number of benzene rings is 1. The molecule has 2 amide bonds. The summed E-state index contributed by atoms with van der Waals surface area (Å²) in [5.41, 5.74) is 8.76. The Morgan fingerprint density at radius 2 is 1.97 bits per heavy atom. The van der Waals surface area contributed by atoms with Gasteiger partial charge in [0.2, 0.25) is 5.91 Å². The summed E-state index contributed by atoms with van der Waals surface area (Å²) in [5, 5.41) is 4.53. The summed E-state index contributed by atoms with van der Waals surface area (Å²) in [5.74, 6) is -1.69. The Morgan fingerprint density at radius 1 is 1.23 bits per heavy atom. The molecule has 30 heavy (non-hydrogen) atoms. The van der Waals surface area contributed by atoms with Crippen LogP contribution in [0.1, 0.15) is 29.8 Å². The first kappa shape index (κ1) is 21.3. The van der Waals surface area contributed by atoms with Gasteiger partial charge in [-0.25, -0.2) is 9.48 Å². The first-order valence-corrected chi connectivity index (χ1v) is 9.90. The Morgan fingerprint density at radius 3 is 2.67 bits per heavy atom. The van der Waals surface area contributed by atoms with Crippen molar-refractivity contribution in [2.75, 3.05) is 19.7 Å². The van der Waals surface area contributed by atoms with Crippen LogP contribution >= 0.6 is 0 Å². The van der Waals surface area contributed by atoms with Crippen molar-refractivity contribution in [3.05, 3.63) is 53.4 Å². The van der Waals surface area contributed by atoms with Gasteiger partial charge in [-0.2, -0.15) is 5.10 Å². The molecular formula is C22H26N4O4. The number of para-hydroxylation sites is 1. The van der Waals surface area contributed by atoms with Crippen LogP contribution in [0.5, 0.6) is 0 Å². The number of primary amides is 1. The molecule has 2 aromatic rings. The lowest BCUT2D eigenvalue weighted by molar-refractivity contribution is -0.149. The first-order chi connectivity index (χ1) is 14.4. The normalized spacial score (nSPS) is 16.6. The molecule has 8 nitrogen and oxygen atoms in total. The van der Waals surface area contributed by atoms with E-state index in [1.807, 2.05) is 48.9 Å². The van der Waals surface area contributed by atoms with Crippen LogP contribution in [0.25, 0.3) is 11.8 Å². The number of aryl methyl sites for hydroxylation is 1. The quantitative estimate of drug-likeness (QED) is 0.577. The van der Waals surface area contributed by atoms with Crippen molar-refractivity contribution in [3.63, 3.8) is 0 Å². The number of esters is 1. The molecule has 1 saturated heterocycles. The molecule has 0 radical (unpaired) electrons. The van der Waals surface area contributed by atoms with Crippen molar-refractivity contribution in [2.45, 2.75) is 26.7 Å². The van der Waals surface area contributed by atoms with Crippen LogP contribution < -0.4 is 5.73 Å². The van der Waals surface area contributed by atoms with E-state index in [1.165, 1.54) is 11.0 Å². The zero-order valence-corrected chi connectivity index (χ0v) is 17.2. The Kier molecular flexibility index (Phi) is 6.66. The fourth-order valence-corrected chi connectivity index (χ4v) is 3.58. The van der Waals surface area contributed by atoms with Gasteiger partial charge in [-0.1, -0.05) is 18.2 Å². The highest BCUT2D eigenvalue weighted by atomic mass is 16.5. The Hall–Kier alpha value is -3.42. The monoisotopic (exact) mass is 410 g/mol. The molecule has 1 aliphatic heterocycles. The maximum Gasteiger partial charge on any atom is 0.331 e. The molecule has 0 bridgehead atoms. The van der Waals surface area contributed by atoms with Gasteiger partial charge in [0.05, 0.1) is 17.3 Å². The second-order valence-corrected chi connectivity index (χ2v) is 7.35. The van der Waals surface area contributed by atoms with E-state index in [-0.39, 0.29) is 25.0 Å². The molecule has 0 spiro atoms. The smallest absolute Gasteiger partial charge is 0.331 e. The fourth-order valence-electron chi connectivity index (χ4n) is 3.58. The van der Waals surface area contributed by atoms with Gasteiger partial charge in [-0.05, 0) is 44.9 Å². The van der Waals surface area contributed by atoms with Gasteiger partial charge in [0, 0.05) is 30.4 Å². The molecule has 0 aliphatic carbocycles. The second-order valence-electron chi connectivity index (χ2n) is 7.35. The third-order valence-electron chi connectivity index (χ3n) is 5.25. The SMILES string of the molecule is Cc1nn(-c2ccccc2)c(C)c1/C=C/C(=O)OCC(=O)N1CCC[C@H](C(N)=O)C1. The van der Waals surface area contributed by atoms with Crippen LogP contribution in [-0.4, -0.2) is 52.2 Å².